The number of amides is 1. The number of likely N-dealkylation sites (tertiary alicyclic amines) is 1. The molecule has 0 spiro atoms. The standard InChI is InChI=1S/C9H10BrNOS/c10-9-4-3-8(13-9)7-2-1-5-11(7)6-12/h3-4,6-7H,1-2,5H2. The molecule has 13 heavy (non-hydrogen) atoms. The molecule has 1 aliphatic heterocycles. The molecule has 2 heterocycles. The molecule has 1 saturated heterocycles. The summed E-state index contributed by atoms with van der Waals surface area (Å²) in [6, 6.07) is 4.47. The van der Waals surface area contributed by atoms with E-state index in [9.17, 15) is 4.79 Å². The van der Waals surface area contributed by atoms with Crippen molar-refractivity contribution in [2.75, 3.05) is 6.54 Å². The Labute approximate surface area is 89.7 Å². The van der Waals surface area contributed by atoms with Gasteiger partial charge in [-0.3, -0.25) is 4.79 Å². The maximum absolute atomic E-state index is 10.7. The second kappa shape index (κ2) is 3.80. The minimum atomic E-state index is 0.328. The van der Waals surface area contributed by atoms with Crippen LogP contribution in [0.25, 0.3) is 0 Å². The largest absolute Gasteiger partial charge is 0.337 e. The first-order valence-corrected chi connectivity index (χ1v) is 5.88. The lowest BCUT2D eigenvalue weighted by Gasteiger charge is -2.17. The molecule has 0 bridgehead atoms. The Morgan fingerprint density at radius 3 is 3.08 bits per heavy atom. The van der Waals surface area contributed by atoms with Crippen molar-refractivity contribution in [1.82, 2.24) is 4.90 Å². The Bertz CT molecular complexity index is 312. The van der Waals surface area contributed by atoms with Crippen molar-refractivity contribution < 1.29 is 4.79 Å². The van der Waals surface area contributed by atoms with E-state index in [1.54, 1.807) is 11.3 Å². The van der Waals surface area contributed by atoms with E-state index in [4.69, 9.17) is 0 Å². The molecule has 1 amide bonds. The van der Waals surface area contributed by atoms with Gasteiger partial charge in [-0.25, -0.2) is 0 Å². The normalized spacial score (nSPS) is 22.2. The third-order valence-corrected chi connectivity index (χ3v) is 4.08. The van der Waals surface area contributed by atoms with Gasteiger partial charge in [-0.05, 0) is 40.9 Å². The fourth-order valence-corrected chi connectivity index (χ4v) is 3.31. The highest BCUT2D eigenvalue weighted by Crippen LogP contribution is 2.36. The first kappa shape index (κ1) is 9.21. The van der Waals surface area contributed by atoms with Crippen LogP contribution in [0.1, 0.15) is 23.8 Å². The monoisotopic (exact) mass is 259 g/mol. The maximum Gasteiger partial charge on any atom is 0.210 e. The van der Waals surface area contributed by atoms with Crippen molar-refractivity contribution >= 4 is 33.7 Å². The van der Waals surface area contributed by atoms with E-state index in [1.165, 1.54) is 4.88 Å². The van der Waals surface area contributed by atoms with Crippen molar-refractivity contribution in [2.45, 2.75) is 18.9 Å². The molecule has 0 radical (unpaired) electrons. The third kappa shape index (κ3) is 1.79. The van der Waals surface area contributed by atoms with Crippen LogP contribution in [0.4, 0.5) is 0 Å². The fraction of sp³-hybridized carbons (Fsp3) is 0.444. The van der Waals surface area contributed by atoms with Crippen LogP contribution in [0.5, 0.6) is 0 Å². The fourth-order valence-electron chi connectivity index (χ4n) is 1.73. The lowest BCUT2D eigenvalue weighted by Crippen LogP contribution is -2.20. The van der Waals surface area contributed by atoms with Gasteiger partial charge in [0, 0.05) is 11.4 Å². The van der Waals surface area contributed by atoms with E-state index in [-0.39, 0.29) is 0 Å². The number of carbonyl (C=O) groups excluding carboxylic acids is 1. The molecule has 2 nitrogen and oxygen atoms in total. The topological polar surface area (TPSA) is 20.3 Å². The third-order valence-electron chi connectivity index (χ3n) is 2.35. The second-order valence-electron chi connectivity index (χ2n) is 3.14. The van der Waals surface area contributed by atoms with Gasteiger partial charge >= 0.3 is 0 Å². The van der Waals surface area contributed by atoms with Crippen molar-refractivity contribution in [3.8, 4) is 0 Å². The average molecular weight is 260 g/mol. The van der Waals surface area contributed by atoms with Crippen molar-refractivity contribution in [1.29, 1.82) is 0 Å². The summed E-state index contributed by atoms with van der Waals surface area (Å²) in [7, 11) is 0. The molecule has 70 valence electrons. The number of thiophene rings is 1. The average Bonchev–Trinajstić information content (AvgIpc) is 2.71. The van der Waals surface area contributed by atoms with Gasteiger partial charge in [0.05, 0.1) is 9.83 Å². The van der Waals surface area contributed by atoms with Crippen LogP contribution >= 0.6 is 27.3 Å². The number of rotatable bonds is 2. The Morgan fingerprint density at radius 1 is 1.62 bits per heavy atom. The maximum atomic E-state index is 10.7. The summed E-state index contributed by atoms with van der Waals surface area (Å²) in [4.78, 5) is 13.9. The molecule has 4 heteroatoms. The van der Waals surface area contributed by atoms with E-state index in [0.717, 1.165) is 29.6 Å². The van der Waals surface area contributed by atoms with Crippen LogP contribution in [0, 0.1) is 0 Å². The number of nitrogens with zero attached hydrogens (tertiary/aromatic N) is 1. The number of carbonyl (C=O) groups is 1. The van der Waals surface area contributed by atoms with E-state index < -0.39 is 0 Å². The SMILES string of the molecule is O=CN1CCCC1c1ccc(Br)s1. The molecule has 1 atom stereocenters. The summed E-state index contributed by atoms with van der Waals surface area (Å²) < 4.78 is 1.14. The van der Waals surface area contributed by atoms with Gasteiger partial charge in [0.1, 0.15) is 0 Å². The van der Waals surface area contributed by atoms with Crippen LogP contribution in [0.15, 0.2) is 15.9 Å². The number of hydrogen-bond donors (Lipinski definition) is 0. The minimum Gasteiger partial charge on any atom is -0.337 e. The lowest BCUT2D eigenvalue weighted by atomic mass is 10.2. The quantitative estimate of drug-likeness (QED) is 0.749. The second-order valence-corrected chi connectivity index (χ2v) is 5.64. The first-order chi connectivity index (χ1) is 6.31. The zero-order valence-corrected chi connectivity index (χ0v) is 9.47. The predicted octanol–water partition coefficient (Wildman–Crippen LogP) is 2.80. The van der Waals surface area contributed by atoms with Gasteiger partial charge < -0.3 is 4.90 Å². The van der Waals surface area contributed by atoms with Gasteiger partial charge in [0.15, 0.2) is 0 Å². The van der Waals surface area contributed by atoms with E-state index in [0.29, 0.717) is 6.04 Å². The summed E-state index contributed by atoms with van der Waals surface area (Å²) in [5, 5.41) is 0. The molecule has 1 aromatic heterocycles. The van der Waals surface area contributed by atoms with Crippen LogP contribution in [-0.4, -0.2) is 17.9 Å². The van der Waals surface area contributed by atoms with E-state index in [2.05, 4.69) is 22.0 Å². The zero-order valence-electron chi connectivity index (χ0n) is 7.07. The molecule has 0 saturated carbocycles. The molecular weight excluding hydrogens is 250 g/mol. The molecule has 1 fully saturated rings. The Morgan fingerprint density at radius 2 is 2.46 bits per heavy atom. The lowest BCUT2D eigenvalue weighted by molar-refractivity contribution is -0.118. The van der Waals surface area contributed by atoms with Crippen molar-refractivity contribution in [2.24, 2.45) is 0 Å². The van der Waals surface area contributed by atoms with E-state index in [1.807, 2.05) is 11.0 Å². The smallest absolute Gasteiger partial charge is 0.210 e. The van der Waals surface area contributed by atoms with Gasteiger partial charge in [0.25, 0.3) is 0 Å². The predicted molar refractivity (Wildman–Crippen MR) is 56.8 cm³/mol. The van der Waals surface area contributed by atoms with Crippen molar-refractivity contribution in [3.05, 3.63) is 20.8 Å². The highest BCUT2D eigenvalue weighted by molar-refractivity contribution is 9.11. The Kier molecular flexibility index (Phi) is 2.69. The molecule has 2 rings (SSSR count). The summed E-state index contributed by atoms with van der Waals surface area (Å²) in [6.07, 6.45) is 3.19. The Balaban J connectivity index is 2.20. The summed E-state index contributed by atoms with van der Waals surface area (Å²) >= 11 is 5.15. The number of halogens is 1. The zero-order chi connectivity index (χ0) is 9.26. The summed E-state index contributed by atoms with van der Waals surface area (Å²) in [6.45, 7) is 0.906. The number of hydrogen-bond acceptors (Lipinski definition) is 2. The molecule has 0 N–H and O–H groups in total. The minimum absolute atomic E-state index is 0.328. The first-order valence-electron chi connectivity index (χ1n) is 4.27. The summed E-state index contributed by atoms with van der Waals surface area (Å²) in [5.41, 5.74) is 0. The highest BCUT2D eigenvalue weighted by atomic mass is 79.9. The Hall–Kier alpha value is -0.350. The van der Waals surface area contributed by atoms with Crippen LogP contribution in [0.3, 0.4) is 0 Å². The molecule has 0 aromatic carbocycles. The molecular formula is C9H10BrNOS. The molecule has 0 aliphatic carbocycles. The van der Waals surface area contributed by atoms with Gasteiger partial charge in [-0.15, -0.1) is 11.3 Å². The van der Waals surface area contributed by atoms with Crippen LogP contribution < -0.4 is 0 Å². The summed E-state index contributed by atoms with van der Waals surface area (Å²) in [5.74, 6) is 0. The van der Waals surface area contributed by atoms with E-state index >= 15 is 0 Å². The molecule has 1 aliphatic rings. The van der Waals surface area contributed by atoms with Gasteiger partial charge in [-0.1, -0.05) is 0 Å². The van der Waals surface area contributed by atoms with Crippen molar-refractivity contribution in [3.63, 3.8) is 0 Å². The molecule has 1 aromatic rings. The van der Waals surface area contributed by atoms with Crippen LogP contribution in [-0.2, 0) is 4.79 Å². The highest BCUT2D eigenvalue weighted by Gasteiger charge is 2.25. The van der Waals surface area contributed by atoms with Gasteiger partial charge in [-0.2, -0.15) is 0 Å². The van der Waals surface area contributed by atoms with Crippen LogP contribution in [0.2, 0.25) is 0 Å². The van der Waals surface area contributed by atoms with Gasteiger partial charge in [0.2, 0.25) is 6.41 Å². The molecule has 1 unspecified atom stereocenters.